The van der Waals surface area contributed by atoms with Gasteiger partial charge >= 0.3 is 0 Å². The minimum atomic E-state index is -0.680. The van der Waals surface area contributed by atoms with Gasteiger partial charge in [-0.2, -0.15) is 0 Å². The topological polar surface area (TPSA) is 70.5 Å². The summed E-state index contributed by atoms with van der Waals surface area (Å²) in [5, 5.41) is 3.10. The van der Waals surface area contributed by atoms with E-state index in [0.29, 0.717) is 30.2 Å². The van der Waals surface area contributed by atoms with E-state index in [2.05, 4.69) is 10.3 Å². The van der Waals surface area contributed by atoms with E-state index in [-0.39, 0.29) is 24.8 Å². The first-order valence-corrected chi connectivity index (χ1v) is 9.97. The van der Waals surface area contributed by atoms with E-state index in [0.717, 1.165) is 12.4 Å². The molecule has 0 unspecified atom stereocenters. The summed E-state index contributed by atoms with van der Waals surface area (Å²) in [6.45, 7) is 4.25. The Balaban J connectivity index is 1.70. The Hall–Kier alpha value is -2.45. The van der Waals surface area contributed by atoms with Gasteiger partial charge in [0.25, 0.3) is 0 Å². The summed E-state index contributed by atoms with van der Waals surface area (Å²) in [5.41, 5.74) is 0.333. The van der Waals surface area contributed by atoms with Gasteiger partial charge in [-0.25, -0.2) is 9.37 Å². The molecule has 2 aromatic rings. The Bertz CT molecular complexity index is 867. The Morgan fingerprint density at radius 3 is 2.97 bits per heavy atom. The van der Waals surface area contributed by atoms with Crippen molar-refractivity contribution >= 4 is 23.4 Å². The first kappa shape index (κ1) is 21.3. The van der Waals surface area contributed by atoms with Gasteiger partial charge in [-0.1, -0.05) is 17.7 Å². The van der Waals surface area contributed by atoms with Gasteiger partial charge in [-0.3, -0.25) is 14.5 Å². The largest absolute Gasteiger partial charge is 0.353 e. The van der Waals surface area contributed by atoms with Crippen LogP contribution in [0.4, 0.5) is 4.39 Å². The van der Waals surface area contributed by atoms with Crippen molar-refractivity contribution in [2.24, 2.45) is 0 Å². The lowest BCUT2D eigenvalue weighted by Crippen LogP contribution is -2.56. The highest BCUT2D eigenvalue weighted by Crippen LogP contribution is 2.23. The van der Waals surface area contributed by atoms with Gasteiger partial charge in [-0.15, -0.1) is 0 Å². The molecular formula is C20H25ClFN5O2. The first-order chi connectivity index (χ1) is 13.9. The Kier molecular flexibility index (Phi) is 6.87. The average Bonchev–Trinajstić information content (AvgIpc) is 3.14. The van der Waals surface area contributed by atoms with Crippen LogP contribution in [-0.4, -0.2) is 57.3 Å². The first-order valence-electron chi connectivity index (χ1n) is 9.59. The van der Waals surface area contributed by atoms with Crippen molar-refractivity contribution in [3.8, 4) is 0 Å². The predicted molar refractivity (Wildman–Crippen MR) is 108 cm³/mol. The normalized spacial score (nSPS) is 17.2. The van der Waals surface area contributed by atoms with Crippen LogP contribution in [-0.2, 0) is 29.2 Å². The van der Waals surface area contributed by atoms with Crippen LogP contribution in [0.1, 0.15) is 24.7 Å². The Morgan fingerprint density at radius 2 is 2.24 bits per heavy atom. The number of piperazine rings is 1. The van der Waals surface area contributed by atoms with Gasteiger partial charge in [0.15, 0.2) is 0 Å². The third-order valence-electron chi connectivity index (χ3n) is 5.18. The van der Waals surface area contributed by atoms with Crippen LogP contribution in [0.2, 0.25) is 5.02 Å². The maximum Gasteiger partial charge on any atom is 0.237 e. The highest BCUT2D eigenvalue weighted by atomic mass is 35.5. The molecule has 3 rings (SSSR count). The minimum absolute atomic E-state index is 0.00123. The Labute approximate surface area is 174 Å². The minimum Gasteiger partial charge on any atom is -0.353 e. The molecule has 29 heavy (non-hydrogen) atoms. The second kappa shape index (κ2) is 9.37. The van der Waals surface area contributed by atoms with E-state index in [1.807, 2.05) is 22.6 Å². The van der Waals surface area contributed by atoms with Gasteiger partial charge in [0, 0.05) is 56.2 Å². The summed E-state index contributed by atoms with van der Waals surface area (Å²) in [7, 11) is 1.69. The number of benzene rings is 1. The van der Waals surface area contributed by atoms with Crippen molar-refractivity contribution in [2.45, 2.75) is 39.0 Å². The van der Waals surface area contributed by atoms with E-state index in [9.17, 15) is 14.0 Å². The van der Waals surface area contributed by atoms with E-state index in [1.165, 1.54) is 6.07 Å². The highest BCUT2D eigenvalue weighted by Gasteiger charge is 2.33. The van der Waals surface area contributed by atoms with Crippen LogP contribution in [0.5, 0.6) is 0 Å². The van der Waals surface area contributed by atoms with Crippen LogP contribution in [0, 0.1) is 5.82 Å². The van der Waals surface area contributed by atoms with Gasteiger partial charge in [-0.05, 0) is 19.1 Å². The lowest BCUT2D eigenvalue weighted by Gasteiger charge is -2.35. The number of amides is 2. The summed E-state index contributed by atoms with van der Waals surface area (Å²) in [5.74, 6) is -0.0497. The second-order valence-corrected chi connectivity index (χ2v) is 7.47. The molecule has 1 N–H and O–H groups in total. The number of nitrogens with one attached hydrogen (secondary N) is 1. The molecule has 1 aliphatic heterocycles. The van der Waals surface area contributed by atoms with Gasteiger partial charge in [0.2, 0.25) is 11.8 Å². The van der Waals surface area contributed by atoms with Crippen LogP contribution in [0.3, 0.4) is 0 Å². The number of carbonyl (C=O) groups excluding carboxylic acids is 2. The fraction of sp³-hybridized carbons (Fsp3) is 0.450. The van der Waals surface area contributed by atoms with Crippen molar-refractivity contribution < 1.29 is 14.0 Å². The number of carbonyl (C=O) groups is 2. The molecule has 7 nitrogen and oxygen atoms in total. The van der Waals surface area contributed by atoms with Crippen molar-refractivity contribution in [1.29, 1.82) is 0 Å². The molecule has 156 valence electrons. The van der Waals surface area contributed by atoms with E-state index in [4.69, 9.17) is 11.6 Å². The van der Waals surface area contributed by atoms with Crippen LogP contribution < -0.4 is 5.32 Å². The molecular weight excluding hydrogens is 397 g/mol. The lowest BCUT2D eigenvalue weighted by molar-refractivity contribution is -0.138. The standard InChI is InChI=1S/C20H25ClFN5O2/c1-3-26-9-7-23-18(26)13-25(2)19(28)11-17-20(29)24-8-10-27(17)12-14-15(21)5-4-6-16(14)22/h4-7,9,17H,3,8,10-13H2,1-2H3,(H,24,29)/t17-/m1/s1. The number of halogens is 2. The molecule has 0 spiro atoms. The summed E-state index contributed by atoms with van der Waals surface area (Å²) >= 11 is 6.15. The molecule has 1 aromatic heterocycles. The number of aromatic nitrogens is 2. The quantitative estimate of drug-likeness (QED) is 0.742. The van der Waals surface area contributed by atoms with Crippen molar-refractivity contribution in [1.82, 2.24) is 24.7 Å². The SMILES string of the molecule is CCn1ccnc1CN(C)C(=O)C[C@@H]1C(=O)NCCN1Cc1c(F)cccc1Cl. The zero-order valence-corrected chi connectivity index (χ0v) is 17.3. The molecule has 2 amide bonds. The molecule has 1 aliphatic rings. The fourth-order valence-electron chi connectivity index (χ4n) is 3.46. The highest BCUT2D eigenvalue weighted by molar-refractivity contribution is 6.31. The van der Waals surface area contributed by atoms with Crippen LogP contribution >= 0.6 is 11.6 Å². The van der Waals surface area contributed by atoms with E-state index < -0.39 is 11.9 Å². The molecule has 9 heteroatoms. The average molecular weight is 422 g/mol. The zero-order valence-electron chi connectivity index (χ0n) is 16.6. The number of rotatable bonds is 7. The monoisotopic (exact) mass is 421 g/mol. The fourth-order valence-corrected chi connectivity index (χ4v) is 3.68. The molecule has 0 aliphatic carbocycles. The van der Waals surface area contributed by atoms with E-state index >= 15 is 0 Å². The molecule has 0 saturated carbocycles. The molecule has 1 saturated heterocycles. The van der Waals surface area contributed by atoms with Gasteiger partial charge in [0.1, 0.15) is 11.6 Å². The number of nitrogens with zero attached hydrogens (tertiary/aromatic N) is 4. The number of aryl methyl sites for hydroxylation is 1. The van der Waals surface area contributed by atoms with E-state index in [1.54, 1.807) is 30.3 Å². The van der Waals surface area contributed by atoms with Crippen molar-refractivity contribution in [2.75, 3.05) is 20.1 Å². The van der Waals surface area contributed by atoms with Crippen molar-refractivity contribution in [3.05, 3.63) is 52.8 Å². The third-order valence-corrected chi connectivity index (χ3v) is 5.53. The predicted octanol–water partition coefficient (Wildman–Crippen LogP) is 2.04. The smallest absolute Gasteiger partial charge is 0.237 e. The molecule has 0 bridgehead atoms. The molecule has 2 heterocycles. The summed E-state index contributed by atoms with van der Waals surface area (Å²) in [4.78, 5) is 32.9. The van der Waals surface area contributed by atoms with Gasteiger partial charge in [0.05, 0.1) is 19.0 Å². The van der Waals surface area contributed by atoms with Crippen molar-refractivity contribution in [3.63, 3.8) is 0 Å². The zero-order chi connectivity index (χ0) is 21.0. The Morgan fingerprint density at radius 1 is 1.45 bits per heavy atom. The number of hydrogen-bond acceptors (Lipinski definition) is 4. The maximum absolute atomic E-state index is 14.2. The summed E-state index contributed by atoms with van der Waals surface area (Å²) in [6.07, 6.45) is 3.56. The lowest BCUT2D eigenvalue weighted by atomic mass is 10.1. The second-order valence-electron chi connectivity index (χ2n) is 7.06. The number of hydrogen-bond donors (Lipinski definition) is 1. The number of imidazole rings is 1. The summed E-state index contributed by atoms with van der Waals surface area (Å²) in [6, 6.07) is 3.82. The molecule has 0 radical (unpaired) electrons. The van der Waals surface area contributed by atoms with Gasteiger partial charge < -0.3 is 14.8 Å². The summed E-state index contributed by atoms with van der Waals surface area (Å²) < 4.78 is 16.2. The van der Waals surface area contributed by atoms with Crippen LogP contribution in [0.15, 0.2) is 30.6 Å². The molecule has 1 aromatic carbocycles. The third kappa shape index (κ3) is 4.94. The molecule has 1 atom stereocenters. The van der Waals surface area contributed by atoms with Crippen LogP contribution in [0.25, 0.3) is 0 Å². The maximum atomic E-state index is 14.2. The molecule has 1 fully saturated rings.